The van der Waals surface area contributed by atoms with Crippen LogP contribution in [-0.4, -0.2) is 28.5 Å². The van der Waals surface area contributed by atoms with Crippen LogP contribution in [0, 0.1) is 0 Å². The van der Waals surface area contributed by atoms with E-state index in [0.29, 0.717) is 23.9 Å². The number of benzene rings is 2. The second-order valence-corrected chi connectivity index (χ2v) is 5.73. The van der Waals surface area contributed by atoms with Crippen LogP contribution in [0.4, 0.5) is 0 Å². The molecule has 1 aliphatic rings. The van der Waals surface area contributed by atoms with Gasteiger partial charge in [0.15, 0.2) is 0 Å². The maximum Gasteiger partial charge on any atom is 0.346 e. The van der Waals surface area contributed by atoms with Crippen molar-refractivity contribution in [1.29, 1.82) is 0 Å². The first-order valence-corrected chi connectivity index (χ1v) is 7.71. The van der Waals surface area contributed by atoms with E-state index < -0.39 is 5.69 Å². The second-order valence-electron chi connectivity index (χ2n) is 5.73. The number of hydrogen-bond acceptors (Lipinski definition) is 4. The van der Waals surface area contributed by atoms with E-state index in [9.17, 15) is 9.59 Å². The summed E-state index contributed by atoms with van der Waals surface area (Å²) in [6.45, 7) is 0.393. The Morgan fingerprint density at radius 1 is 1.17 bits per heavy atom. The highest BCUT2D eigenvalue weighted by Crippen LogP contribution is 2.24. The van der Waals surface area contributed by atoms with Gasteiger partial charge < -0.3 is 15.0 Å². The topological polar surface area (TPSA) is 84.1 Å². The fraction of sp³-hybridized carbons (Fsp3) is 0.167. The molecule has 1 amide bonds. The van der Waals surface area contributed by atoms with Gasteiger partial charge in [0, 0.05) is 5.39 Å². The highest BCUT2D eigenvalue weighted by molar-refractivity contribution is 6.04. The summed E-state index contributed by atoms with van der Waals surface area (Å²) in [7, 11) is 0. The molecule has 0 aliphatic carbocycles. The Labute approximate surface area is 137 Å². The van der Waals surface area contributed by atoms with Crippen molar-refractivity contribution in [3.05, 3.63) is 70.3 Å². The number of ether oxygens (including phenoxy) is 1. The molecule has 24 heavy (non-hydrogen) atoms. The van der Waals surface area contributed by atoms with Crippen LogP contribution in [0.5, 0.6) is 5.75 Å². The molecule has 2 N–H and O–H groups in total. The molecule has 1 aliphatic heterocycles. The van der Waals surface area contributed by atoms with Gasteiger partial charge in [0.25, 0.3) is 5.91 Å². The molecule has 2 heterocycles. The number of aromatic amines is 1. The summed E-state index contributed by atoms with van der Waals surface area (Å²) in [4.78, 5) is 30.8. The zero-order chi connectivity index (χ0) is 16.5. The molecule has 3 aromatic rings. The lowest BCUT2D eigenvalue weighted by molar-refractivity contribution is 0.0912. The van der Waals surface area contributed by atoms with Gasteiger partial charge >= 0.3 is 5.69 Å². The average molecular weight is 321 g/mol. The molecule has 1 atom stereocenters. The van der Waals surface area contributed by atoms with Crippen LogP contribution >= 0.6 is 0 Å². The molecule has 2 aromatic carbocycles. The molecule has 1 aromatic heterocycles. The number of para-hydroxylation sites is 2. The van der Waals surface area contributed by atoms with Crippen molar-refractivity contribution in [3.8, 4) is 5.75 Å². The van der Waals surface area contributed by atoms with E-state index in [1.165, 1.54) is 0 Å². The number of aromatic nitrogens is 2. The van der Waals surface area contributed by atoms with Crippen molar-refractivity contribution in [2.45, 2.75) is 12.5 Å². The van der Waals surface area contributed by atoms with Crippen molar-refractivity contribution < 1.29 is 9.53 Å². The highest BCUT2D eigenvalue weighted by Gasteiger charge is 2.23. The number of H-pyrrole nitrogens is 1. The SMILES string of the molecule is O=C(N[C@@H]1COc2ccccc2C1)c1nc(=O)[nH]c2ccccc12. The number of carbonyl (C=O) groups excluding carboxylic acids is 1. The van der Waals surface area contributed by atoms with Crippen LogP contribution in [0.1, 0.15) is 16.1 Å². The molecule has 4 rings (SSSR count). The number of amides is 1. The molecule has 0 spiro atoms. The lowest BCUT2D eigenvalue weighted by atomic mass is 10.0. The predicted octanol–water partition coefficient (Wildman–Crippen LogP) is 1.66. The highest BCUT2D eigenvalue weighted by atomic mass is 16.5. The Hall–Kier alpha value is -3.15. The minimum absolute atomic E-state index is 0.133. The Balaban J connectivity index is 1.61. The van der Waals surface area contributed by atoms with Gasteiger partial charge in [-0.1, -0.05) is 36.4 Å². The molecule has 0 fully saturated rings. The van der Waals surface area contributed by atoms with Crippen LogP contribution in [0.2, 0.25) is 0 Å². The number of nitrogens with one attached hydrogen (secondary N) is 2. The van der Waals surface area contributed by atoms with Crippen molar-refractivity contribution in [2.24, 2.45) is 0 Å². The molecule has 0 saturated carbocycles. The number of fused-ring (bicyclic) bond motifs is 2. The van der Waals surface area contributed by atoms with E-state index in [-0.39, 0.29) is 17.6 Å². The smallest absolute Gasteiger partial charge is 0.346 e. The molecule has 0 bridgehead atoms. The fourth-order valence-electron chi connectivity index (χ4n) is 2.95. The Morgan fingerprint density at radius 2 is 1.96 bits per heavy atom. The van der Waals surface area contributed by atoms with E-state index in [1.807, 2.05) is 24.3 Å². The van der Waals surface area contributed by atoms with E-state index in [4.69, 9.17) is 4.74 Å². The van der Waals surface area contributed by atoms with E-state index in [0.717, 1.165) is 11.3 Å². The number of nitrogens with zero attached hydrogens (tertiary/aromatic N) is 1. The standard InChI is InChI=1S/C18H15N3O3/c22-17(16-13-6-2-3-7-14(13)20-18(23)21-16)19-12-9-11-5-1-4-8-15(11)24-10-12/h1-8,12H,9-10H2,(H,19,22)(H,20,21,23)/t12-/m0/s1. The molecule has 120 valence electrons. The summed E-state index contributed by atoms with van der Waals surface area (Å²) >= 11 is 0. The number of rotatable bonds is 2. The minimum Gasteiger partial charge on any atom is -0.491 e. The van der Waals surface area contributed by atoms with E-state index in [2.05, 4.69) is 15.3 Å². The van der Waals surface area contributed by atoms with Gasteiger partial charge in [0.05, 0.1) is 11.6 Å². The lowest BCUT2D eigenvalue weighted by Crippen LogP contribution is -2.43. The lowest BCUT2D eigenvalue weighted by Gasteiger charge is -2.26. The zero-order valence-electron chi connectivity index (χ0n) is 12.8. The van der Waals surface area contributed by atoms with Crippen LogP contribution < -0.4 is 15.7 Å². The first-order chi connectivity index (χ1) is 11.7. The average Bonchev–Trinajstić information content (AvgIpc) is 2.60. The maximum absolute atomic E-state index is 12.6. The first kappa shape index (κ1) is 14.4. The van der Waals surface area contributed by atoms with Crippen molar-refractivity contribution >= 4 is 16.8 Å². The van der Waals surface area contributed by atoms with Crippen LogP contribution in [0.3, 0.4) is 0 Å². The molecular weight excluding hydrogens is 306 g/mol. The predicted molar refractivity (Wildman–Crippen MR) is 89.3 cm³/mol. The summed E-state index contributed by atoms with van der Waals surface area (Å²) < 4.78 is 5.68. The maximum atomic E-state index is 12.6. The number of hydrogen-bond donors (Lipinski definition) is 2. The van der Waals surface area contributed by atoms with Gasteiger partial charge in [0.2, 0.25) is 0 Å². The molecule has 0 saturated heterocycles. The van der Waals surface area contributed by atoms with E-state index >= 15 is 0 Å². The third-order valence-corrected chi connectivity index (χ3v) is 4.07. The molecular formula is C18H15N3O3. The quantitative estimate of drug-likeness (QED) is 0.752. The summed E-state index contributed by atoms with van der Waals surface area (Å²) in [6.07, 6.45) is 0.684. The second kappa shape index (κ2) is 5.81. The summed E-state index contributed by atoms with van der Waals surface area (Å²) in [5, 5.41) is 3.53. The Kier molecular flexibility index (Phi) is 3.49. The summed E-state index contributed by atoms with van der Waals surface area (Å²) in [6, 6.07) is 14.7. The monoisotopic (exact) mass is 321 g/mol. The molecule has 0 radical (unpaired) electrons. The Morgan fingerprint density at radius 3 is 2.88 bits per heavy atom. The van der Waals surface area contributed by atoms with Crippen molar-refractivity contribution in [3.63, 3.8) is 0 Å². The third-order valence-electron chi connectivity index (χ3n) is 4.07. The van der Waals surface area contributed by atoms with Crippen LogP contribution in [0.25, 0.3) is 10.9 Å². The zero-order valence-corrected chi connectivity index (χ0v) is 12.8. The van der Waals surface area contributed by atoms with Crippen molar-refractivity contribution in [2.75, 3.05) is 6.61 Å². The van der Waals surface area contributed by atoms with Crippen molar-refractivity contribution in [1.82, 2.24) is 15.3 Å². The van der Waals surface area contributed by atoms with Gasteiger partial charge in [-0.2, -0.15) is 4.98 Å². The third kappa shape index (κ3) is 2.62. The van der Waals surface area contributed by atoms with Crippen LogP contribution in [-0.2, 0) is 6.42 Å². The van der Waals surface area contributed by atoms with Crippen LogP contribution in [0.15, 0.2) is 53.3 Å². The number of carbonyl (C=O) groups is 1. The fourth-order valence-corrected chi connectivity index (χ4v) is 2.95. The minimum atomic E-state index is -0.538. The van der Waals surface area contributed by atoms with Gasteiger partial charge in [-0.25, -0.2) is 4.79 Å². The van der Waals surface area contributed by atoms with Gasteiger partial charge in [0.1, 0.15) is 18.1 Å². The van der Waals surface area contributed by atoms with E-state index in [1.54, 1.807) is 24.3 Å². The summed E-state index contributed by atoms with van der Waals surface area (Å²) in [5.41, 5.74) is 1.24. The molecule has 6 heteroatoms. The molecule has 6 nitrogen and oxygen atoms in total. The van der Waals surface area contributed by atoms with Gasteiger partial charge in [-0.15, -0.1) is 0 Å². The largest absolute Gasteiger partial charge is 0.491 e. The van der Waals surface area contributed by atoms with Gasteiger partial charge in [-0.3, -0.25) is 4.79 Å². The van der Waals surface area contributed by atoms with Gasteiger partial charge in [-0.05, 0) is 24.1 Å². The summed E-state index contributed by atoms with van der Waals surface area (Å²) in [5.74, 6) is 0.480. The first-order valence-electron chi connectivity index (χ1n) is 7.71. The molecule has 0 unspecified atom stereocenters. The Bertz CT molecular complexity index is 980. The normalized spacial score (nSPS) is 16.2.